The summed E-state index contributed by atoms with van der Waals surface area (Å²) >= 11 is 6.34. The van der Waals surface area contributed by atoms with Crippen LogP contribution in [0.1, 0.15) is 5.69 Å². The van der Waals surface area contributed by atoms with Gasteiger partial charge in [-0.1, -0.05) is 41.9 Å². The van der Waals surface area contributed by atoms with Gasteiger partial charge in [0.15, 0.2) is 5.65 Å². The number of halogens is 2. The van der Waals surface area contributed by atoms with E-state index in [1.165, 1.54) is 12.1 Å². The molecule has 0 saturated heterocycles. The molecule has 4 aromatic rings. The minimum atomic E-state index is -0.266. The number of aryl methyl sites for hydroxylation is 1. The van der Waals surface area contributed by atoms with Crippen LogP contribution in [0.2, 0.25) is 5.02 Å². The summed E-state index contributed by atoms with van der Waals surface area (Å²) in [4.78, 5) is 4.48. The van der Waals surface area contributed by atoms with Gasteiger partial charge in [0.25, 0.3) is 0 Å². The van der Waals surface area contributed by atoms with Gasteiger partial charge < -0.3 is 0 Å². The number of benzene rings is 2. The van der Waals surface area contributed by atoms with Crippen LogP contribution < -0.4 is 0 Å². The molecule has 0 unspecified atom stereocenters. The monoisotopic (exact) mass is 337 g/mol. The number of aromatic nitrogens is 3. The molecule has 0 bridgehead atoms. The zero-order chi connectivity index (χ0) is 16.7. The fourth-order valence-electron chi connectivity index (χ4n) is 2.88. The Morgan fingerprint density at radius 3 is 2.50 bits per heavy atom. The SMILES string of the molecule is Cc1nn2c(-c3ccccc3Cl)ccnc2c1-c1ccc(F)cc1. The Kier molecular flexibility index (Phi) is 3.54. The first kappa shape index (κ1) is 14.8. The highest BCUT2D eigenvalue weighted by molar-refractivity contribution is 6.33. The summed E-state index contributed by atoms with van der Waals surface area (Å²) < 4.78 is 15.0. The van der Waals surface area contributed by atoms with E-state index in [0.29, 0.717) is 5.02 Å². The quantitative estimate of drug-likeness (QED) is 0.505. The fraction of sp³-hybridized carbons (Fsp3) is 0.0526. The highest BCUT2D eigenvalue weighted by Crippen LogP contribution is 2.32. The summed E-state index contributed by atoms with van der Waals surface area (Å²) in [6.07, 6.45) is 1.74. The normalized spacial score (nSPS) is 11.1. The first-order valence-corrected chi connectivity index (χ1v) is 7.88. The predicted octanol–water partition coefficient (Wildman–Crippen LogP) is 5.16. The number of nitrogens with zero attached hydrogens (tertiary/aromatic N) is 3. The molecular weight excluding hydrogens is 325 g/mol. The number of hydrogen-bond acceptors (Lipinski definition) is 2. The van der Waals surface area contributed by atoms with Crippen molar-refractivity contribution in [3.8, 4) is 22.4 Å². The van der Waals surface area contributed by atoms with Crippen LogP contribution in [-0.4, -0.2) is 14.6 Å². The van der Waals surface area contributed by atoms with Crippen LogP contribution in [-0.2, 0) is 0 Å². The molecule has 0 radical (unpaired) electrons. The van der Waals surface area contributed by atoms with Gasteiger partial charge in [-0.25, -0.2) is 13.9 Å². The van der Waals surface area contributed by atoms with Gasteiger partial charge in [0.1, 0.15) is 5.82 Å². The van der Waals surface area contributed by atoms with Crippen molar-refractivity contribution < 1.29 is 4.39 Å². The Bertz CT molecular complexity index is 1040. The van der Waals surface area contributed by atoms with Crippen LogP contribution >= 0.6 is 11.6 Å². The van der Waals surface area contributed by atoms with Crippen LogP contribution in [0.15, 0.2) is 60.8 Å². The molecule has 0 N–H and O–H groups in total. The molecule has 0 aliphatic carbocycles. The van der Waals surface area contributed by atoms with Gasteiger partial charge >= 0.3 is 0 Å². The number of rotatable bonds is 2. The average Bonchev–Trinajstić information content (AvgIpc) is 2.92. The lowest BCUT2D eigenvalue weighted by Gasteiger charge is -2.07. The van der Waals surface area contributed by atoms with Crippen molar-refractivity contribution in [2.45, 2.75) is 6.92 Å². The Morgan fingerprint density at radius 2 is 1.75 bits per heavy atom. The molecule has 0 amide bonds. The van der Waals surface area contributed by atoms with Crippen LogP contribution in [0.4, 0.5) is 4.39 Å². The third-order valence-electron chi connectivity index (χ3n) is 3.98. The lowest BCUT2D eigenvalue weighted by molar-refractivity contribution is 0.628. The molecule has 0 fully saturated rings. The van der Waals surface area contributed by atoms with E-state index in [9.17, 15) is 4.39 Å². The summed E-state index contributed by atoms with van der Waals surface area (Å²) in [5.74, 6) is -0.266. The van der Waals surface area contributed by atoms with Crippen molar-refractivity contribution in [3.05, 3.63) is 77.3 Å². The predicted molar refractivity (Wildman–Crippen MR) is 93.6 cm³/mol. The van der Waals surface area contributed by atoms with Gasteiger partial charge in [-0.3, -0.25) is 0 Å². The first-order chi connectivity index (χ1) is 11.6. The molecule has 0 aliphatic heterocycles. The molecule has 0 atom stereocenters. The third kappa shape index (κ3) is 2.36. The van der Waals surface area contributed by atoms with Crippen LogP contribution in [0.3, 0.4) is 0 Å². The second kappa shape index (κ2) is 5.73. The molecule has 4 rings (SSSR count). The molecule has 2 aromatic carbocycles. The topological polar surface area (TPSA) is 30.2 Å². The summed E-state index contributed by atoms with van der Waals surface area (Å²) in [5, 5.41) is 5.29. The van der Waals surface area contributed by atoms with E-state index < -0.39 is 0 Å². The molecule has 24 heavy (non-hydrogen) atoms. The molecule has 0 spiro atoms. The number of hydrogen-bond donors (Lipinski definition) is 0. The van der Waals surface area contributed by atoms with Crippen LogP contribution in [0, 0.1) is 12.7 Å². The second-order valence-electron chi connectivity index (χ2n) is 5.51. The van der Waals surface area contributed by atoms with E-state index in [4.69, 9.17) is 11.6 Å². The van der Waals surface area contributed by atoms with E-state index in [1.54, 1.807) is 22.8 Å². The Morgan fingerprint density at radius 1 is 1.00 bits per heavy atom. The second-order valence-corrected chi connectivity index (χ2v) is 5.92. The van der Waals surface area contributed by atoms with Crippen LogP contribution in [0.5, 0.6) is 0 Å². The van der Waals surface area contributed by atoms with Crippen molar-refractivity contribution in [2.75, 3.05) is 0 Å². The van der Waals surface area contributed by atoms with Crippen LogP contribution in [0.25, 0.3) is 28.0 Å². The molecule has 0 saturated carbocycles. The summed E-state index contributed by atoms with van der Waals surface area (Å²) in [7, 11) is 0. The van der Waals surface area contributed by atoms with Crippen molar-refractivity contribution in [1.29, 1.82) is 0 Å². The zero-order valence-electron chi connectivity index (χ0n) is 12.9. The van der Waals surface area contributed by atoms with E-state index in [1.807, 2.05) is 37.3 Å². The Labute approximate surface area is 143 Å². The molecular formula is C19H13ClFN3. The highest BCUT2D eigenvalue weighted by atomic mass is 35.5. The summed E-state index contributed by atoms with van der Waals surface area (Å²) in [5.41, 5.74) is 5.07. The maximum absolute atomic E-state index is 13.2. The molecule has 118 valence electrons. The van der Waals surface area contributed by atoms with E-state index in [0.717, 1.165) is 33.7 Å². The maximum atomic E-state index is 13.2. The van der Waals surface area contributed by atoms with E-state index in [-0.39, 0.29) is 5.82 Å². The largest absolute Gasteiger partial charge is 0.236 e. The van der Waals surface area contributed by atoms with Gasteiger partial charge in [-0.2, -0.15) is 5.10 Å². The van der Waals surface area contributed by atoms with Crippen molar-refractivity contribution in [3.63, 3.8) is 0 Å². The summed E-state index contributed by atoms with van der Waals surface area (Å²) in [6, 6.07) is 15.9. The van der Waals surface area contributed by atoms with Crippen molar-refractivity contribution >= 4 is 17.2 Å². The molecule has 3 nitrogen and oxygen atoms in total. The smallest absolute Gasteiger partial charge is 0.163 e. The number of fused-ring (bicyclic) bond motifs is 1. The van der Waals surface area contributed by atoms with Gasteiger partial charge in [0.2, 0.25) is 0 Å². The van der Waals surface area contributed by atoms with Gasteiger partial charge in [-0.15, -0.1) is 0 Å². The maximum Gasteiger partial charge on any atom is 0.163 e. The molecule has 2 heterocycles. The van der Waals surface area contributed by atoms with Gasteiger partial charge in [0, 0.05) is 22.3 Å². The molecule has 2 aromatic heterocycles. The zero-order valence-corrected chi connectivity index (χ0v) is 13.6. The molecule has 5 heteroatoms. The highest BCUT2D eigenvalue weighted by Gasteiger charge is 2.16. The van der Waals surface area contributed by atoms with E-state index in [2.05, 4.69) is 10.1 Å². The van der Waals surface area contributed by atoms with E-state index >= 15 is 0 Å². The van der Waals surface area contributed by atoms with Gasteiger partial charge in [0.05, 0.1) is 11.4 Å². The minimum absolute atomic E-state index is 0.266. The Balaban J connectivity index is 1.99. The first-order valence-electron chi connectivity index (χ1n) is 7.50. The molecule has 0 aliphatic rings. The van der Waals surface area contributed by atoms with Crippen molar-refractivity contribution in [2.24, 2.45) is 0 Å². The third-order valence-corrected chi connectivity index (χ3v) is 4.31. The fourth-order valence-corrected chi connectivity index (χ4v) is 3.11. The summed E-state index contributed by atoms with van der Waals surface area (Å²) in [6.45, 7) is 1.92. The standard InChI is InChI=1S/C19H13ClFN3/c1-12-18(13-6-8-14(21)9-7-13)19-22-11-10-17(24(19)23-12)15-4-2-3-5-16(15)20/h2-11H,1H3. The average molecular weight is 338 g/mol. The lowest BCUT2D eigenvalue weighted by Crippen LogP contribution is -1.96. The van der Waals surface area contributed by atoms with Crippen molar-refractivity contribution in [1.82, 2.24) is 14.6 Å². The minimum Gasteiger partial charge on any atom is -0.236 e. The van der Waals surface area contributed by atoms with Gasteiger partial charge in [-0.05, 0) is 36.8 Å². The lowest BCUT2D eigenvalue weighted by atomic mass is 10.1. The Hall–Kier alpha value is -2.72.